The van der Waals surface area contributed by atoms with Gasteiger partial charge in [-0.05, 0) is 41.6 Å². The fourth-order valence-corrected chi connectivity index (χ4v) is 1.72. The highest BCUT2D eigenvalue weighted by atomic mass is 35.5. The van der Waals surface area contributed by atoms with Crippen LogP contribution in [0.4, 0.5) is 4.39 Å². The standard InChI is InChI=1S/C14H14ClFN2O/c1-8(2)10-5-4-9(3)12(6-10)19-13-11(16)7-17-14(15)18-13/h4-8H,1-3H3. The molecule has 0 bridgehead atoms. The Morgan fingerprint density at radius 1 is 1.32 bits per heavy atom. The first-order valence-corrected chi connectivity index (χ1v) is 6.31. The van der Waals surface area contributed by atoms with Gasteiger partial charge < -0.3 is 4.74 Å². The molecule has 1 aromatic heterocycles. The van der Waals surface area contributed by atoms with Gasteiger partial charge in [-0.3, -0.25) is 0 Å². The van der Waals surface area contributed by atoms with Crippen LogP contribution < -0.4 is 4.74 Å². The van der Waals surface area contributed by atoms with Gasteiger partial charge in [-0.1, -0.05) is 26.0 Å². The van der Waals surface area contributed by atoms with E-state index in [-0.39, 0.29) is 11.2 Å². The van der Waals surface area contributed by atoms with Crippen molar-refractivity contribution >= 4 is 11.6 Å². The average Bonchev–Trinajstić information content (AvgIpc) is 2.36. The zero-order valence-electron chi connectivity index (χ0n) is 10.9. The van der Waals surface area contributed by atoms with E-state index in [0.717, 1.165) is 17.3 Å². The van der Waals surface area contributed by atoms with E-state index in [1.54, 1.807) is 0 Å². The van der Waals surface area contributed by atoms with Crippen molar-refractivity contribution in [3.63, 3.8) is 0 Å². The first-order valence-electron chi connectivity index (χ1n) is 5.94. The fraction of sp³-hybridized carbons (Fsp3) is 0.286. The third kappa shape index (κ3) is 3.20. The minimum atomic E-state index is -0.640. The predicted molar refractivity (Wildman–Crippen MR) is 72.3 cm³/mol. The zero-order chi connectivity index (χ0) is 14.0. The van der Waals surface area contributed by atoms with Gasteiger partial charge in [0.1, 0.15) is 5.75 Å². The molecule has 1 heterocycles. The Bertz CT molecular complexity index is 602. The van der Waals surface area contributed by atoms with Crippen LogP contribution in [0.3, 0.4) is 0 Å². The third-order valence-corrected chi connectivity index (χ3v) is 2.95. The molecule has 0 N–H and O–H groups in total. The number of aromatic nitrogens is 2. The summed E-state index contributed by atoms with van der Waals surface area (Å²) in [6.07, 6.45) is 0.992. The summed E-state index contributed by atoms with van der Waals surface area (Å²) in [5.41, 5.74) is 2.01. The van der Waals surface area contributed by atoms with Crippen molar-refractivity contribution in [2.24, 2.45) is 0 Å². The van der Waals surface area contributed by atoms with Crippen molar-refractivity contribution < 1.29 is 9.13 Å². The molecule has 2 aromatic rings. The number of hydrogen-bond donors (Lipinski definition) is 0. The largest absolute Gasteiger partial charge is 0.436 e. The number of hydrogen-bond acceptors (Lipinski definition) is 3. The van der Waals surface area contributed by atoms with Gasteiger partial charge in [-0.15, -0.1) is 0 Å². The fourth-order valence-electron chi connectivity index (χ4n) is 1.59. The van der Waals surface area contributed by atoms with Gasteiger partial charge in [0.25, 0.3) is 5.88 Å². The molecule has 0 aliphatic heterocycles. The quantitative estimate of drug-likeness (QED) is 0.777. The summed E-state index contributed by atoms with van der Waals surface area (Å²) in [5.74, 6) is 0.129. The second kappa shape index (κ2) is 5.53. The second-order valence-corrected chi connectivity index (χ2v) is 4.91. The molecule has 0 saturated heterocycles. The lowest BCUT2D eigenvalue weighted by atomic mass is 10.0. The van der Waals surface area contributed by atoms with Crippen LogP contribution in [0, 0.1) is 12.7 Å². The minimum absolute atomic E-state index is 0.0472. The van der Waals surface area contributed by atoms with E-state index in [0.29, 0.717) is 11.7 Å². The molecular weight excluding hydrogens is 267 g/mol. The Morgan fingerprint density at radius 3 is 2.74 bits per heavy atom. The molecule has 0 spiro atoms. The normalized spacial score (nSPS) is 10.8. The minimum Gasteiger partial charge on any atom is -0.436 e. The van der Waals surface area contributed by atoms with Gasteiger partial charge >= 0.3 is 0 Å². The molecule has 19 heavy (non-hydrogen) atoms. The molecule has 1 aromatic carbocycles. The van der Waals surface area contributed by atoms with Gasteiger partial charge in [0.15, 0.2) is 0 Å². The van der Waals surface area contributed by atoms with E-state index in [9.17, 15) is 4.39 Å². The number of ether oxygens (including phenoxy) is 1. The van der Waals surface area contributed by atoms with Crippen LogP contribution in [-0.4, -0.2) is 9.97 Å². The Morgan fingerprint density at radius 2 is 2.05 bits per heavy atom. The topological polar surface area (TPSA) is 35.0 Å². The van der Waals surface area contributed by atoms with Crippen molar-refractivity contribution in [2.75, 3.05) is 0 Å². The smallest absolute Gasteiger partial charge is 0.260 e. The second-order valence-electron chi connectivity index (χ2n) is 4.57. The lowest BCUT2D eigenvalue weighted by Gasteiger charge is -2.12. The van der Waals surface area contributed by atoms with Crippen molar-refractivity contribution in [2.45, 2.75) is 26.7 Å². The Labute approximate surface area is 116 Å². The summed E-state index contributed by atoms with van der Waals surface area (Å²) < 4.78 is 19.0. The van der Waals surface area contributed by atoms with E-state index < -0.39 is 5.82 Å². The Kier molecular flexibility index (Phi) is 4.00. The van der Waals surface area contributed by atoms with Crippen LogP contribution in [-0.2, 0) is 0 Å². The molecular formula is C14H14ClFN2O. The van der Waals surface area contributed by atoms with E-state index >= 15 is 0 Å². The van der Waals surface area contributed by atoms with Crippen molar-refractivity contribution in [1.82, 2.24) is 9.97 Å². The highest BCUT2D eigenvalue weighted by Crippen LogP contribution is 2.29. The van der Waals surface area contributed by atoms with Crippen LogP contribution in [0.15, 0.2) is 24.4 Å². The molecule has 0 unspecified atom stereocenters. The molecule has 0 amide bonds. The lowest BCUT2D eigenvalue weighted by Crippen LogP contribution is -1.97. The van der Waals surface area contributed by atoms with Crippen LogP contribution in [0.25, 0.3) is 0 Å². The highest BCUT2D eigenvalue weighted by Gasteiger charge is 2.11. The molecule has 0 fully saturated rings. The van der Waals surface area contributed by atoms with Crippen LogP contribution >= 0.6 is 11.6 Å². The number of rotatable bonds is 3. The molecule has 3 nitrogen and oxygen atoms in total. The first kappa shape index (κ1) is 13.7. The van der Waals surface area contributed by atoms with Crippen LogP contribution in [0.1, 0.15) is 30.9 Å². The molecule has 100 valence electrons. The average molecular weight is 281 g/mol. The summed E-state index contributed by atoms with van der Waals surface area (Å²) >= 11 is 5.64. The van der Waals surface area contributed by atoms with Gasteiger partial charge in [-0.2, -0.15) is 9.37 Å². The summed E-state index contributed by atoms with van der Waals surface area (Å²) in [4.78, 5) is 7.29. The van der Waals surface area contributed by atoms with Gasteiger partial charge in [-0.25, -0.2) is 4.98 Å². The predicted octanol–water partition coefficient (Wildman–Crippen LogP) is 4.49. The lowest BCUT2D eigenvalue weighted by molar-refractivity contribution is 0.416. The summed E-state index contributed by atoms with van der Waals surface area (Å²) in [6, 6.07) is 5.84. The number of halogens is 2. The Balaban J connectivity index is 2.37. The summed E-state index contributed by atoms with van der Waals surface area (Å²) in [5, 5.41) is -0.0472. The highest BCUT2D eigenvalue weighted by molar-refractivity contribution is 6.28. The van der Waals surface area contributed by atoms with Crippen molar-refractivity contribution in [1.29, 1.82) is 0 Å². The van der Waals surface area contributed by atoms with Crippen LogP contribution in [0.5, 0.6) is 11.6 Å². The van der Waals surface area contributed by atoms with E-state index in [2.05, 4.69) is 23.8 Å². The molecule has 0 aliphatic rings. The number of benzene rings is 1. The van der Waals surface area contributed by atoms with E-state index in [4.69, 9.17) is 16.3 Å². The maximum Gasteiger partial charge on any atom is 0.260 e. The SMILES string of the molecule is Cc1ccc(C(C)C)cc1Oc1nc(Cl)ncc1F. The summed E-state index contributed by atoms with van der Waals surface area (Å²) in [6.45, 7) is 6.05. The third-order valence-electron chi connectivity index (χ3n) is 2.77. The van der Waals surface area contributed by atoms with Crippen molar-refractivity contribution in [3.8, 4) is 11.6 Å². The Hall–Kier alpha value is -1.68. The molecule has 2 rings (SSSR count). The van der Waals surface area contributed by atoms with Gasteiger partial charge in [0, 0.05) is 0 Å². The van der Waals surface area contributed by atoms with Crippen LogP contribution in [0.2, 0.25) is 5.28 Å². The molecule has 0 radical (unpaired) electrons. The molecule has 5 heteroatoms. The van der Waals surface area contributed by atoms with Crippen molar-refractivity contribution in [3.05, 3.63) is 46.6 Å². The van der Waals surface area contributed by atoms with Gasteiger partial charge in [0.05, 0.1) is 6.20 Å². The maximum atomic E-state index is 13.5. The molecule has 0 saturated carbocycles. The molecule has 0 aliphatic carbocycles. The zero-order valence-corrected chi connectivity index (χ0v) is 11.7. The number of nitrogens with zero attached hydrogens (tertiary/aromatic N) is 2. The summed E-state index contributed by atoms with van der Waals surface area (Å²) in [7, 11) is 0. The monoisotopic (exact) mass is 280 g/mol. The van der Waals surface area contributed by atoms with E-state index in [1.807, 2.05) is 25.1 Å². The van der Waals surface area contributed by atoms with E-state index in [1.165, 1.54) is 0 Å². The molecule has 0 atom stereocenters. The first-order chi connectivity index (χ1) is 8.97. The maximum absolute atomic E-state index is 13.5. The van der Waals surface area contributed by atoms with Gasteiger partial charge in [0.2, 0.25) is 11.1 Å². The number of aryl methyl sites for hydroxylation is 1.